The summed E-state index contributed by atoms with van der Waals surface area (Å²) in [6, 6.07) is 12.7. The lowest BCUT2D eigenvalue weighted by atomic mass is 10.2. The van der Waals surface area contributed by atoms with Crippen LogP contribution >= 0.6 is 15.9 Å². The number of benzene rings is 1. The van der Waals surface area contributed by atoms with Crippen LogP contribution in [0.3, 0.4) is 0 Å². The van der Waals surface area contributed by atoms with Gasteiger partial charge in [0.1, 0.15) is 4.60 Å². The van der Waals surface area contributed by atoms with Crippen LogP contribution in [0, 0.1) is 0 Å². The summed E-state index contributed by atoms with van der Waals surface area (Å²) in [5, 5.41) is 2.80. The van der Waals surface area contributed by atoms with E-state index in [0.717, 1.165) is 5.69 Å². The summed E-state index contributed by atoms with van der Waals surface area (Å²) in [5.41, 5.74) is 1.35. The van der Waals surface area contributed by atoms with Gasteiger partial charge in [-0.3, -0.25) is 4.79 Å². The third kappa shape index (κ3) is 2.67. The fourth-order valence-corrected chi connectivity index (χ4v) is 1.63. The van der Waals surface area contributed by atoms with Gasteiger partial charge in [0.2, 0.25) is 0 Å². The second-order valence-electron chi connectivity index (χ2n) is 3.19. The second kappa shape index (κ2) is 4.90. The molecule has 1 aromatic heterocycles. The molecule has 0 saturated heterocycles. The number of rotatable bonds is 2. The maximum absolute atomic E-state index is 11.8. The van der Waals surface area contributed by atoms with Gasteiger partial charge in [0.25, 0.3) is 5.91 Å². The smallest absolute Gasteiger partial charge is 0.255 e. The van der Waals surface area contributed by atoms with Crippen molar-refractivity contribution in [3.05, 3.63) is 58.8 Å². The molecule has 4 heteroatoms. The highest BCUT2D eigenvalue weighted by molar-refractivity contribution is 9.10. The van der Waals surface area contributed by atoms with Crippen LogP contribution < -0.4 is 5.32 Å². The highest BCUT2D eigenvalue weighted by Crippen LogP contribution is 2.11. The van der Waals surface area contributed by atoms with Crippen molar-refractivity contribution in [1.29, 1.82) is 0 Å². The molecule has 1 amide bonds. The third-order valence-corrected chi connectivity index (χ3v) is 2.45. The summed E-state index contributed by atoms with van der Waals surface area (Å²) >= 11 is 3.22. The number of nitrogens with one attached hydrogen (secondary N) is 1. The minimum absolute atomic E-state index is 0.144. The number of aromatic nitrogens is 1. The molecular formula is C12H9BrN2O. The first-order chi connectivity index (χ1) is 7.75. The zero-order chi connectivity index (χ0) is 11.4. The maximum atomic E-state index is 11.8. The van der Waals surface area contributed by atoms with Crippen molar-refractivity contribution < 1.29 is 4.79 Å². The van der Waals surface area contributed by atoms with E-state index in [-0.39, 0.29) is 5.91 Å². The molecule has 0 aliphatic heterocycles. The zero-order valence-corrected chi connectivity index (χ0v) is 9.94. The Morgan fingerprint density at radius 3 is 2.62 bits per heavy atom. The van der Waals surface area contributed by atoms with E-state index in [1.807, 2.05) is 30.3 Å². The number of carbonyl (C=O) groups is 1. The van der Waals surface area contributed by atoms with Gasteiger partial charge < -0.3 is 5.32 Å². The van der Waals surface area contributed by atoms with Crippen LogP contribution in [0.15, 0.2) is 53.3 Å². The number of hydrogen-bond acceptors (Lipinski definition) is 2. The van der Waals surface area contributed by atoms with Crippen molar-refractivity contribution in [3.63, 3.8) is 0 Å². The molecule has 3 nitrogen and oxygen atoms in total. The molecule has 0 fully saturated rings. The molecule has 16 heavy (non-hydrogen) atoms. The van der Waals surface area contributed by atoms with Crippen molar-refractivity contribution in [3.8, 4) is 0 Å². The predicted molar refractivity (Wildman–Crippen MR) is 66.3 cm³/mol. The number of amides is 1. The number of hydrogen-bond donors (Lipinski definition) is 1. The molecule has 0 saturated carbocycles. The monoisotopic (exact) mass is 276 g/mol. The van der Waals surface area contributed by atoms with Crippen molar-refractivity contribution in [1.82, 2.24) is 4.98 Å². The molecular weight excluding hydrogens is 268 g/mol. The average molecular weight is 277 g/mol. The van der Waals surface area contributed by atoms with E-state index in [0.29, 0.717) is 10.2 Å². The van der Waals surface area contributed by atoms with E-state index in [1.54, 1.807) is 18.3 Å². The Hall–Kier alpha value is -1.68. The van der Waals surface area contributed by atoms with Crippen molar-refractivity contribution in [2.24, 2.45) is 0 Å². The standard InChI is InChI=1S/C12H9BrN2O/c13-11-8-9(6-7-14-11)12(16)15-10-4-2-1-3-5-10/h1-8H,(H,15,16). The lowest BCUT2D eigenvalue weighted by Gasteiger charge is -2.04. The number of pyridine rings is 1. The minimum atomic E-state index is -0.144. The number of para-hydroxylation sites is 1. The van der Waals surface area contributed by atoms with E-state index in [2.05, 4.69) is 26.2 Å². The highest BCUT2D eigenvalue weighted by atomic mass is 79.9. The van der Waals surface area contributed by atoms with Crippen LogP contribution in [0.2, 0.25) is 0 Å². The molecule has 0 aliphatic carbocycles. The molecule has 1 aromatic carbocycles. The van der Waals surface area contributed by atoms with E-state index in [1.165, 1.54) is 0 Å². The largest absolute Gasteiger partial charge is 0.322 e. The summed E-state index contributed by atoms with van der Waals surface area (Å²) in [6.07, 6.45) is 1.59. The topological polar surface area (TPSA) is 42.0 Å². The number of carbonyl (C=O) groups excluding carboxylic acids is 1. The third-order valence-electron chi connectivity index (χ3n) is 2.02. The highest BCUT2D eigenvalue weighted by Gasteiger charge is 2.05. The molecule has 0 radical (unpaired) electrons. The van der Waals surface area contributed by atoms with Gasteiger partial charge in [-0.15, -0.1) is 0 Å². The molecule has 0 unspecified atom stereocenters. The molecule has 80 valence electrons. The van der Waals surface area contributed by atoms with Gasteiger partial charge in [0.05, 0.1) is 0 Å². The molecule has 0 atom stereocenters. The maximum Gasteiger partial charge on any atom is 0.255 e. The Labute approximate surface area is 102 Å². The van der Waals surface area contributed by atoms with Gasteiger partial charge in [-0.1, -0.05) is 18.2 Å². The Morgan fingerprint density at radius 2 is 1.94 bits per heavy atom. The predicted octanol–water partition coefficient (Wildman–Crippen LogP) is 3.10. The summed E-state index contributed by atoms with van der Waals surface area (Å²) in [6.45, 7) is 0. The molecule has 0 bridgehead atoms. The fourth-order valence-electron chi connectivity index (χ4n) is 1.27. The normalized spacial score (nSPS) is 9.81. The molecule has 2 rings (SSSR count). The number of halogens is 1. The first-order valence-corrected chi connectivity index (χ1v) is 5.53. The number of anilines is 1. The molecule has 1 heterocycles. The van der Waals surface area contributed by atoms with Gasteiger partial charge in [-0.25, -0.2) is 4.98 Å². The van der Waals surface area contributed by atoms with Gasteiger partial charge in [-0.2, -0.15) is 0 Å². The molecule has 0 aliphatic rings. The SMILES string of the molecule is O=C(Nc1ccccc1)c1ccnc(Br)c1. The first kappa shape index (κ1) is 10.8. The lowest BCUT2D eigenvalue weighted by Crippen LogP contribution is -2.11. The van der Waals surface area contributed by atoms with E-state index >= 15 is 0 Å². The van der Waals surface area contributed by atoms with E-state index in [4.69, 9.17) is 0 Å². The number of nitrogens with zero attached hydrogens (tertiary/aromatic N) is 1. The Kier molecular flexibility index (Phi) is 3.31. The van der Waals surface area contributed by atoms with Crippen LogP contribution in [0.1, 0.15) is 10.4 Å². The first-order valence-electron chi connectivity index (χ1n) is 4.73. The van der Waals surface area contributed by atoms with Crippen LogP contribution in [-0.2, 0) is 0 Å². The molecule has 0 spiro atoms. The van der Waals surface area contributed by atoms with Crippen molar-refractivity contribution in [2.45, 2.75) is 0 Å². The quantitative estimate of drug-likeness (QED) is 0.857. The van der Waals surface area contributed by atoms with Gasteiger partial charge in [0.15, 0.2) is 0 Å². The Bertz CT molecular complexity index is 499. The zero-order valence-electron chi connectivity index (χ0n) is 8.35. The van der Waals surface area contributed by atoms with Gasteiger partial charge >= 0.3 is 0 Å². The Morgan fingerprint density at radius 1 is 1.19 bits per heavy atom. The van der Waals surface area contributed by atoms with Crippen LogP contribution in [0.25, 0.3) is 0 Å². The summed E-state index contributed by atoms with van der Waals surface area (Å²) in [4.78, 5) is 15.8. The summed E-state index contributed by atoms with van der Waals surface area (Å²) in [5.74, 6) is -0.144. The van der Waals surface area contributed by atoms with E-state index < -0.39 is 0 Å². The molecule has 2 aromatic rings. The minimum Gasteiger partial charge on any atom is -0.322 e. The summed E-state index contributed by atoms with van der Waals surface area (Å²) < 4.78 is 0.646. The van der Waals surface area contributed by atoms with Crippen LogP contribution in [-0.4, -0.2) is 10.9 Å². The lowest BCUT2D eigenvalue weighted by molar-refractivity contribution is 0.102. The van der Waals surface area contributed by atoms with Gasteiger partial charge in [-0.05, 0) is 40.2 Å². The van der Waals surface area contributed by atoms with Crippen molar-refractivity contribution >= 4 is 27.5 Å². The second-order valence-corrected chi connectivity index (χ2v) is 4.00. The Balaban J connectivity index is 2.15. The molecule has 1 N–H and O–H groups in total. The van der Waals surface area contributed by atoms with E-state index in [9.17, 15) is 4.79 Å². The summed E-state index contributed by atoms with van der Waals surface area (Å²) in [7, 11) is 0. The van der Waals surface area contributed by atoms with Crippen LogP contribution in [0.4, 0.5) is 5.69 Å². The van der Waals surface area contributed by atoms with Crippen molar-refractivity contribution in [2.75, 3.05) is 5.32 Å². The van der Waals surface area contributed by atoms with Gasteiger partial charge in [0, 0.05) is 17.4 Å². The van der Waals surface area contributed by atoms with Crippen LogP contribution in [0.5, 0.6) is 0 Å². The fraction of sp³-hybridized carbons (Fsp3) is 0. The average Bonchev–Trinajstić information content (AvgIpc) is 2.30.